The van der Waals surface area contributed by atoms with Gasteiger partial charge in [0.15, 0.2) is 0 Å². The highest BCUT2D eigenvalue weighted by atomic mass is 79.9. The second-order valence-electron chi connectivity index (χ2n) is 6.00. The zero-order chi connectivity index (χ0) is 17.2. The van der Waals surface area contributed by atoms with Crippen LogP contribution in [-0.4, -0.2) is 16.5 Å². The van der Waals surface area contributed by atoms with E-state index in [9.17, 15) is 4.48 Å². The van der Waals surface area contributed by atoms with Gasteiger partial charge in [-0.25, -0.2) is 9.97 Å². The second kappa shape index (κ2) is 6.93. The van der Waals surface area contributed by atoms with Crippen LogP contribution in [0.3, 0.4) is 0 Å². The molecule has 0 spiro atoms. The van der Waals surface area contributed by atoms with Gasteiger partial charge in [-0.1, -0.05) is 23.8 Å². The Kier molecular flexibility index (Phi) is 4.50. The fourth-order valence-electron chi connectivity index (χ4n) is 3.34. The summed E-state index contributed by atoms with van der Waals surface area (Å²) in [5, 5.41) is 0.875. The number of hydrazine groups is 1. The predicted molar refractivity (Wildman–Crippen MR) is 101 cm³/mol. The van der Waals surface area contributed by atoms with Crippen molar-refractivity contribution in [3.63, 3.8) is 0 Å². The van der Waals surface area contributed by atoms with Gasteiger partial charge in [0.25, 0.3) is 0 Å². The van der Waals surface area contributed by atoms with Crippen LogP contribution in [0.4, 0.5) is 21.7 Å². The summed E-state index contributed by atoms with van der Waals surface area (Å²) in [5.74, 6) is 0.841. The maximum absolute atomic E-state index is 12.5. The molecule has 2 N–H and O–H groups in total. The maximum atomic E-state index is 12.5. The van der Waals surface area contributed by atoms with Gasteiger partial charge in [0, 0.05) is 22.1 Å². The normalized spacial score (nSPS) is 14.2. The van der Waals surface area contributed by atoms with Gasteiger partial charge in [0.2, 0.25) is 0 Å². The average molecular weight is 402 g/mol. The molecule has 0 amide bonds. The van der Waals surface area contributed by atoms with Gasteiger partial charge in [-0.15, -0.1) is 4.48 Å². The van der Waals surface area contributed by atoms with Crippen molar-refractivity contribution in [3.8, 4) is 0 Å². The van der Waals surface area contributed by atoms with E-state index in [2.05, 4.69) is 60.5 Å². The summed E-state index contributed by atoms with van der Waals surface area (Å²) in [6.07, 6.45) is 4.90. The number of anilines is 3. The molecule has 0 bridgehead atoms. The summed E-state index contributed by atoms with van der Waals surface area (Å²) in [6, 6.07) is 12.2. The first-order chi connectivity index (χ1) is 12.3. The van der Waals surface area contributed by atoms with Gasteiger partial charge in [0.05, 0.1) is 11.2 Å². The highest BCUT2D eigenvalue weighted by molar-refractivity contribution is 9.10. The third-order valence-corrected chi connectivity index (χ3v) is 5.16. The summed E-state index contributed by atoms with van der Waals surface area (Å²) in [7, 11) is 0. The van der Waals surface area contributed by atoms with Crippen LogP contribution < -0.4 is 16.0 Å². The van der Waals surface area contributed by atoms with E-state index in [0.29, 0.717) is 5.69 Å². The van der Waals surface area contributed by atoms with E-state index in [4.69, 9.17) is 0 Å². The molecule has 2 heterocycles. The molecule has 128 valence electrons. The number of hydrogen-bond acceptors (Lipinski definition) is 5. The number of para-hydroxylation sites is 1. The summed E-state index contributed by atoms with van der Waals surface area (Å²) < 4.78 is 13.3. The summed E-state index contributed by atoms with van der Waals surface area (Å²) in [4.78, 5) is 11.2. The number of fused-ring (bicyclic) bond motifs is 2. The van der Waals surface area contributed by atoms with Crippen molar-refractivity contribution < 1.29 is 4.48 Å². The van der Waals surface area contributed by atoms with E-state index in [1.807, 2.05) is 12.1 Å². The molecular formula is C18H17BrFN5. The predicted octanol–water partition coefficient (Wildman–Crippen LogP) is 4.67. The number of aryl methyl sites for hydroxylation is 1. The lowest BCUT2D eigenvalue weighted by Crippen LogP contribution is -2.20. The van der Waals surface area contributed by atoms with Crippen molar-refractivity contribution in [2.24, 2.45) is 0 Å². The van der Waals surface area contributed by atoms with Crippen LogP contribution in [0.25, 0.3) is 10.9 Å². The fraction of sp³-hybridized carbons (Fsp3) is 0.222. The number of benzene rings is 2. The molecule has 7 heteroatoms. The molecule has 0 unspecified atom stereocenters. The molecule has 5 nitrogen and oxygen atoms in total. The van der Waals surface area contributed by atoms with E-state index in [-0.39, 0.29) is 0 Å². The number of nitrogens with one attached hydrogen (secondary N) is 2. The zero-order valence-corrected chi connectivity index (χ0v) is 15.1. The van der Waals surface area contributed by atoms with E-state index in [1.54, 1.807) is 6.33 Å². The Morgan fingerprint density at radius 3 is 2.88 bits per heavy atom. The van der Waals surface area contributed by atoms with Crippen molar-refractivity contribution in [1.29, 1.82) is 0 Å². The van der Waals surface area contributed by atoms with Gasteiger partial charge in [-0.05, 0) is 59.0 Å². The second-order valence-corrected chi connectivity index (χ2v) is 6.86. The molecule has 0 saturated heterocycles. The first kappa shape index (κ1) is 16.2. The standard InChI is InChI=1S/C18H17BrFN5/c19-14-10-15-13(9-16(14)23-24-20)18(22-11-21-15)25-8-4-3-6-12-5-1-2-7-17(12)25/h1-2,5,7,9-11,23-24H,3-4,6,8H2. The topological polar surface area (TPSA) is 53.1 Å². The molecule has 0 aliphatic carbocycles. The molecule has 4 rings (SSSR count). The highest BCUT2D eigenvalue weighted by Gasteiger charge is 2.20. The summed E-state index contributed by atoms with van der Waals surface area (Å²) in [5.41, 5.74) is 7.88. The van der Waals surface area contributed by atoms with Crippen molar-refractivity contribution in [2.75, 3.05) is 16.9 Å². The Bertz CT molecular complexity index is 917. The van der Waals surface area contributed by atoms with Crippen molar-refractivity contribution in [2.45, 2.75) is 19.3 Å². The van der Waals surface area contributed by atoms with Crippen LogP contribution in [0.15, 0.2) is 47.2 Å². The third kappa shape index (κ3) is 3.05. The largest absolute Gasteiger partial charge is 0.326 e. The molecule has 1 aromatic heterocycles. The third-order valence-electron chi connectivity index (χ3n) is 4.50. The minimum Gasteiger partial charge on any atom is -0.326 e. The molecular weight excluding hydrogens is 385 g/mol. The van der Waals surface area contributed by atoms with E-state index < -0.39 is 0 Å². The molecule has 0 radical (unpaired) electrons. The number of aromatic nitrogens is 2. The SMILES string of the molecule is FNNc1cc2c(N3CCCCc4ccccc43)ncnc2cc1Br. The minimum absolute atomic E-state index is 0.592. The number of rotatable bonds is 3. The fourth-order valence-corrected chi connectivity index (χ4v) is 3.77. The molecule has 0 atom stereocenters. The van der Waals surface area contributed by atoms with Crippen LogP contribution in [-0.2, 0) is 6.42 Å². The number of hydrogen-bond donors (Lipinski definition) is 2. The van der Waals surface area contributed by atoms with Crippen LogP contribution in [0.1, 0.15) is 18.4 Å². The van der Waals surface area contributed by atoms with Crippen LogP contribution >= 0.6 is 15.9 Å². The highest BCUT2D eigenvalue weighted by Crippen LogP contribution is 2.37. The number of nitrogens with zero attached hydrogens (tertiary/aromatic N) is 3. The minimum atomic E-state index is 0.592. The van der Waals surface area contributed by atoms with E-state index in [0.717, 1.165) is 47.0 Å². The molecule has 3 aromatic rings. The molecule has 1 aliphatic rings. The van der Waals surface area contributed by atoms with Gasteiger partial charge in [0.1, 0.15) is 12.1 Å². The molecule has 25 heavy (non-hydrogen) atoms. The first-order valence-electron chi connectivity index (χ1n) is 8.19. The monoisotopic (exact) mass is 401 g/mol. The van der Waals surface area contributed by atoms with Crippen LogP contribution in [0, 0.1) is 0 Å². The molecule has 0 saturated carbocycles. The zero-order valence-electron chi connectivity index (χ0n) is 13.5. The van der Waals surface area contributed by atoms with Gasteiger partial charge in [-0.3, -0.25) is 5.43 Å². The molecule has 1 aliphatic heterocycles. The van der Waals surface area contributed by atoms with Crippen LogP contribution in [0.5, 0.6) is 0 Å². The van der Waals surface area contributed by atoms with Crippen molar-refractivity contribution in [3.05, 3.63) is 52.8 Å². The van der Waals surface area contributed by atoms with Crippen LogP contribution in [0.2, 0.25) is 0 Å². The quantitative estimate of drug-likeness (QED) is 0.493. The lowest BCUT2D eigenvalue weighted by atomic mass is 10.1. The first-order valence-corrected chi connectivity index (χ1v) is 8.98. The van der Waals surface area contributed by atoms with Crippen molar-refractivity contribution >= 4 is 44.0 Å². The Morgan fingerprint density at radius 2 is 2.00 bits per heavy atom. The summed E-state index contributed by atoms with van der Waals surface area (Å²) in [6.45, 7) is 0.892. The summed E-state index contributed by atoms with van der Waals surface area (Å²) >= 11 is 3.43. The van der Waals surface area contributed by atoms with Crippen molar-refractivity contribution in [1.82, 2.24) is 15.6 Å². The number of halogens is 2. The Labute approximate surface area is 153 Å². The van der Waals surface area contributed by atoms with E-state index in [1.165, 1.54) is 16.9 Å². The van der Waals surface area contributed by atoms with Gasteiger partial charge in [-0.2, -0.15) is 0 Å². The lowest BCUT2D eigenvalue weighted by Gasteiger charge is -2.25. The van der Waals surface area contributed by atoms with Gasteiger partial charge >= 0.3 is 0 Å². The lowest BCUT2D eigenvalue weighted by molar-refractivity contribution is 0.376. The molecule has 2 aromatic carbocycles. The molecule has 0 fully saturated rings. The smallest absolute Gasteiger partial charge is 0.144 e. The Hall–Kier alpha value is -2.25. The van der Waals surface area contributed by atoms with Gasteiger partial charge < -0.3 is 4.90 Å². The Balaban J connectivity index is 1.90. The maximum Gasteiger partial charge on any atom is 0.144 e. The average Bonchev–Trinajstić information content (AvgIpc) is 2.84. The Morgan fingerprint density at radius 1 is 1.12 bits per heavy atom. The van der Waals surface area contributed by atoms with E-state index >= 15 is 0 Å².